The van der Waals surface area contributed by atoms with E-state index in [-0.39, 0.29) is 0 Å². The molecule has 0 spiro atoms. The average Bonchev–Trinajstić information content (AvgIpc) is 3.13. The van der Waals surface area contributed by atoms with Gasteiger partial charge in [0.1, 0.15) is 11.2 Å². The highest BCUT2D eigenvalue weighted by atomic mass is 16.3. The van der Waals surface area contributed by atoms with Crippen molar-refractivity contribution in [3.8, 4) is 0 Å². The molecule has 0 saturated carbocycles. The van der Waals surface area contributed by atoms with Gasteiger partial charge in [-0.05, 0) is 30.2 Å². The summed E-state index contributed by atoms with van der Waals surface area (Å²) in [6.07, 6.45) is 2.18. The molecule has 0 N–H and O–H groups in total. The van der Waals surface area contributed by atoms with E-state index in [0.717, 1.165) is 24.0 Å². The number of hydrogen-bond donors (Lipinski definition) is 0. The zero-order valence-corrected chi connectivity index (χ0v) is 14.0. The fourth-order valence-electron chi connectivity index (χ4n) is 4.02. The monoisotopic (exact) mass is 313 g/mol. The Morgan fingerprint density at radius 2 is 1.58 bits per heavy atom. The maximum Gasteiger partial charge on any atom is 0.145 e. The van der Waals surface area contributed by atoms with Crippen LogP contribution in [0.15, 0.2) is 59.0 Å². The van der Waals surface area contributed by atoms with Crippen LogP contribution in [0.1, 0.15) is 18.9 Å². The summed E-state index contributed by atoms with van der Waals surface area (Å²) in [5.41, 5.74) is 5.84. The van der Waals surface area contributed by atoms with Crippen molar-refractivity contribution in [2.24, 2.45) is 7.05 Å². The van der Waals surface area contributed by atoms with Crippen molar-refractivity contribution < 1.29 is 4.42 Å². The number of rotatable bonds is 2. The number of furan rings is 1. The van der Waals surface area contributed by atoms with Gasteiger partial charge in [-0.15, -0.1) is 0 Å². The summed E-state index contributed by atoms with van der Waals surface area (Å²) in [4.78, 5) is 0. The number of aromatic nitrogens is 1. The zero-order valence-electron chi connectivity index (χ0n) is 14.0. The smallest absolute Gasteiger partial charge is 0.145 e. The molecule has 0 radical (unpaired) electrons. The van der Waals surface area contributed by atoms with E-state index in [1.165, 1.54) is 38.1 Å². The molecule has 0 unspecified atom stereocenters. The lowest BCUT2D eigenvalue weighted by Gasteiger charge is -1.98. The molecule has 0 bridgehead atoms. The lowest BCUT2D eigenvalue weighted by molar-refractivity contribution is 0.665. The molecule has 0 amide bonds. The van der Waals surface area contributed by atoms with Crippen molar-refractivity contribution in [3.05, 3.63) is 60.2 Å². The quantitative estimate of drug-likeness (QED) is 0.380. The Kier molecular flexibility index (Phi) is 2.78. The van der Waals surface area contributed by atoms with Gasteiger partial charge in [-0.25, -0.2) is 0 Å². The predicted molar refractivity (Wildman–Crippen MR) is 102 cm³/mol. The summed E-state index contributed by atoms with van der Waals surface area (Å²) in [6, 6.07) is 19.5. The average molecular weight is 313 g/mol. The van der Waals surface area contributed by atoms with E-state index in [2.05, 4.69) is 73.1 Å². The standard InChI is InChI=1S/C22H19NO/c1-3-7-14-8-6-10-15-16-12-13-19-20(22(16)24-21(14)15)17-9-4-5-11-18(17)23(19)2/h4-6,8-13H,3,7H2,1-2H3. The number of fused-ring (bicyclic) bond motifs is 7. The molecule has 0 fully saturated rings. The van der Waals surface area contributed by atoms with Crippen LogP contribution in [0.4, 0.5) is 0 Å². The van der Waals surface area contributed by atoms with Gasteiger partial charge in [0.05, 0.1) is 10.9 Å². The number of para-hydroxylation sites is 2. The number of hydrogen-bond acceptors (Lipinski definition) is 1. The number of nitrogens with zero attached hydrogens (tertiary/aromatic N) is 1. The normalized spacial score (nSPS) is 12.1. The van der Waals surface area contributed by atoms with Gasteiger partial charge in [-0.3, -0.25) is 0 Å². The van der Waals surface area contributed by atoms with E-state index in [0.29, 0.717) is 0 Å². The summed E-state index contributed by atoms with van der Waals surface area (Å²) < 4.78 is 8.71. The molecule has 118 valence electrons. The van der Waals surface area contributed by atoms with E-state index in [9.17, 15) is 0 Å². The van der Waals surface area contributed by atoms with Gasteiger partial charge < -0.3 is 8.98 Å². The SMILES string of the molecule is CCCc1cccc2c1oc1c2ccc2c1c1ccccc1n2C. The first-order valence-electron chi connectivity index (χ1n) is 8.60. The fourth-order valence-corrected chi connectivity index (χ4v) is 4.02. The van der Waals surface area contributed by atoms with Crippen LogP contribution in [-0.2, 0) is 13.5 Å². The van der Waals surface area contributed by atoms with E-state index in [4.69, 9.17) is 4.42 Å². The summed E-state index contributed by atoms with van der Waals surface area (Å²) >= 11 is 0. The highest BCUT2D eigenvalue weighted by molar-refractivity contribution is 6.23. The van der Waals surface area contributed by atoms with Gasteiger partial charge in [0.15, 0.2) is 0 Å². The van der Waals surface area contributed by atoms with Gasteiger partial charge in [-0.1, -0.05) is 49.7 Å². The molecule has 0 aliphatic heterocycles. The predicted octanol–water partition coefficient (Wildman–Crippen LogP) is 6.18. The lowest BCUT2D eigenvalue weighted by Crippen LogP contribution is -1.85. The molecule has 0 aliphatic carbocycles. The Morgan fingerprint density at radius 3 is 2.46 bits per heavy atom. The molecule has 2 heterocycles. The molecule has 24 heavy (non-hydrogen) atoms. The topological polar surface area (TPSA) is 18.1 Å². The van der Waals surface area contributed by atoms with Crippen LogP contribution in [0.2, 0.25) is 0 Å². The van der Waals surface area contributed by atoms with Crippen molar-refractivity contribution >= 4 is 43.7 Å². The molecule has 0 atom stereocenters. The number of benzene rings is 3. The van der Waals surface area contributed by atoms with Crippen LogP contribution >= 0.6 is 0 Å². The summed E-state index contributed by atoms with van der Waals surface area (Å²) in [6.45, 7) is 2.21. The lowest BCUT2D eigenvalue weighted by atomic mass is 10.0. The van der Waals surface area contributed by atoms with Crippen LogP contribution in [0, 0.1) is 0 Å². The van der Waals surface area contributed by atoms with Gasteiger partial charge in [0.2, 0.25) is 0 Å². The minimum atomic E-state index is 1.02. The highest BCUT2D eigenvalue weighted by Gasteiger charge is 2.17. The Bertz CT molecular complexity index is 1220. The van der Waals surface area contributed by atoms with Crippen molar-refractivity contribution in [3.63, 3.8) is 0 Å². The zero-order chi connectivity index (χ0) is 16.3. The Balaban J connectivity index is 2.03. The van der Waals surface area contributed by atoms with E-state index in [1.54, 1.807) is 0 Å². The minimum absolute atomic E-state index is 1.02. The van der Waals surface area contributed by atoms with Crippen LogP contribution < -0.4 is 0 Å². The second-order valence-corrected chi connectivity index (χ2v) is 6.56. The molecule has 0 aliphatic rings. The van der Waals surface area contributed by atoms with Crippen molar-refractivity contribution in [2.45, 2.75) is 19.8 Å². The van der Waals surface area contributed by atoms with Crippen LogP contribution in [0.5, 0.6) is 0 Å². The van der Waals surface area contributed by atoms with Crippen molar-refractivity contribution in [1.29, 1.82) is 0 Å². The first-order valence-corrected chi connectivity index (χ1v) is 8.60. The molecule has 2 heteroatoms. The van der Waals surface area contributed by atoms with Crippen LogP contribution in [0.3, 0.4) is 0 Å². The molecule has 5 rings (SSSR count). The van der Waals surface area contributed by atoms with Gasteiger partial charge in [0, 0.05) is 28.7 Å². The molecular formula is C22H19NO. The Hall–Kier alpha value is -2.74. The molecule has 5 aromatic rings. The third kappa shape index (κ3) is 1.66. The largest absolute Gasteiger partial charge is 0.455 e. The van der Waals surface area contributed by atoms with Gasteiger partial charge >= 0.3 is 0 Å². The molecule has 3 aromatic carbocycles. The van der Waals surface area contributed by atoms with Crippen LogP contribution in [0.25, 0.3) is 43.7 Å². The fraction of sp³-hybridized carbons (Fsp3) is 0.182. The third-order valence-corrected chi connectivity index (χ3v) is 5.14. The second kappa shape index (κ2) is 4.88. The van der Waals surface area contributed by atoms with Gasteiger partial charge in [-0.2, -0.15) is 0 Å². The first-order chi connectivity index (χ1) is 11.8. The van der Waals surface area contributed by atoms with E-state index >= 15 is 0 Å². The summed E-state index contributed by atoms with van der Waals surface area (Å²) in [5, 5.41) is 4.93. The van der Waals surface area contributed by atoms with Gasteiger partial charge in [0.25, 0.3) is 0 Å². The maximum absolute atomic E-state index is 6.46. The summed E-state index contributed by atoms with van der Waals surface area (Å²) in [5.74, 6) is 0. The minimum Gasteiger partial charge on any atom is -0.455 e. The number of aryl methyl sites for hydroxylation is 2. The Morgan fingerprint density at radius 1 is 0.792 bits per heavy atom. The van der Waals surface area contributed by atoms with E-state index in [1.807, 2.05) is 0 Å². The molecule has 0 saturated heterocycles. The third-order valence-electron chi connectivity index (χ3n) is 5.14. The Labute approximate surface area is 140 Å². The second-order valence-electron chi connectivity index (χ2n) is 6.56. The molecule has 2 aromatic heterocycles. The first kappa shape index (κ1) is 13.7. The molecular weight excluding hydrogens is 294 g/mol. The summed E-state index contributed by atoms with van der Waals surface area (Å²) in [7, 11) is 2.13. The van der Waals surface area contributed by atoms with Crippen molar-refractivity contribution in [2.75, 3.05) is 0 Å². The highest BCUT2D eigenvalue weighted by Crippen LogP contribution is 2.39. The van der Waals surface area contributed by atoms with Crippen molar-refractivity contribution in [1.82, 2.24) is 4.57 Å². The van der Waals surface area contributed by atoms with Crippen LogP contribution in [-0.4, -0.2) is 4.57 Å². The van der Waals surface area contributed by atoms with E-state index < -0.39 is 0 Å². The maximum atomic E-state index is 6.46. The molecule has 2 nitrogen and oxygen atoms in total.